The average molecular weight is 269 g/mol. The van der Waals surface area contributed by atoms with Crippen molar-refractivity contribution in [2.75, 3.05) is 18.0 Å². The molecule has 2 aromatic rings. The van der Waals surface area contributed by atoms with E-state index in [0.29, 0.717) is 12.1 Å². The van der Waals surface area contributed by atoms with Crippen LogP contribution in [0.4, 0.5) is 5.69 Å². The van der Waals surface area contributed by atoms with Crippen LogP contribution >= 0.6 is 0 Å². The number of benzene rings is 1. The lowest BCUT2D eigenvalue weighted by atomic mass is 10.0. The molecule has 1 aliphatic heterocycles. The number of hydrogen-bond donors (Lipinski definition) is 1. The summed E-state index contributed by atoms with van der Waals surface area (Å²) in [5.74, 6) is 0. The highest BCUT2D eigenvalue weighted by molar-refractivity contribution is 5.91. The number of fused-ring (bicyclic) bond motifs is 1. The standard InChI is InChI=1S/C17H23N3/c1-13(2)19-14-6-5-11-20(12-14)17-9-3-8-16-15(17)7-4-10-18-16/h3-4,7-10,13-14,19H,5-6,11-12H2,1-2H3. The predicted molar refractivity (Wildman–Crippen MR) is 85.2 cm³/mol. The summed E-state index contributed by atoms with van der Waals surface area (Å²) in [6.45, 7) is 6.68. The molecule has 0 spiro atoms. The molecule has 1 saturated heterocycles. The van der Waals surface area contributed by atoms with E-state index in [9.17, 15) is 0 Å². The molecule has 106 valence electrons. The van der Waals surface area contributed by atoms with E-state index in [-0.39, 0.29) is 0 Å². The lowest BCUT2D eigenvalue weighted by molar-refractivity contribution is 0.395. The van der Waals surface area contributed by atoms with Gasteiger partial charge in [-0.3, -0.25) is 4.98 Å². The zero-order valence-electron chi connectivity index (χ0n) is 12.3. The second kappa shape index (κ2) is 5.80. The van der Waals surface area contributed by atoms with Crippen LogP contribution in [0.1, 0.15) is 26.7 Å². The zero-order valence-corrected chi connectivity index (χ0v) is 12.3. The number of nitrogens with zero attached hydrogens (tertiary/aromatic N) is 2. The molecule has 1 aliphatic rings. The number of hydrogen-bond acceptors (Lipinski definition) is 3. The Morgan fingerprint density at radius 2 is 2.15 bits per heavy atom. The zero-order chi connectivity index (χ0) is 13.9. The van der Waals surface area contributed by atoms with E-state index in [1.807, 2.05) is 12.3 Å². The van der Waals surface area contributed by atoms with E-state index in [1.54, 1.807) is 0 Å². The van der Waals surface area contributed by atoms with Gasteiger partial charge in [-0.25, -0.2) is 0 Å². The third-order valence-electron chi connectivity index (χ3n) is 3.95. The lowest BCUT2D eigenvalue weighted by Crippen LogP contribution is -2.47. The molecule has 3 heteroatoms. The van der Waals surface area contributed by atoms with Gasteiger partial charge in [0, 0.05) is 42.4 Å². The van der Waals surface area contributed by atoms with Crippen LogP contribution in [0.3, 0.4) is 0 Å². The first kappa shape index (κ1) is 13.4. The van der Waals surface area contributed by atoms with Crippen LogP contribution in [0.15, 0.2) is 36.5 Å². The Morgan fingerprint density at radius 1 is 1.25 bits per heavy atom. The highest BCUT2D eigenvalue weighted by Crippen LogP contribution is 2.27. The van der Waals surface area contributed by atoms with Gasteiger partial charge in [-0.2, -0.15) is 0 Å². The lowest BCUT2D eigenvalue weighted by Gasteiger charge is -2.36. The summed E-state index contributed by atoms with van der Waals surface area (Å²) in [5, 5.41) is 4.94. The van der Waals surface area contributed by atoms with Crippen LogP contribution in [0.2, 0.25) is 0 Å². The molecule has 0 radical (unpaired) electrons. The maximum Gasteiger partial charge on any atom is 0.0722 e. The minimum atomic E-state index is 0.550. The van der Waals surface area contributed by atoms with Gasteiger partial charge < -0.3 is 10.2 Å². The highest BCUT2D eigenvalue weighted by Gasteiger charge is 2.21. The van der Waals surface area contributed by atoms with Crippen LogP contribution in [-0.2, 0) is 0 Å². The van der Waals surface area contributed by atoms with E-state index in [2.05, 4.69) is 53.3 Å². The van der Waals surface area contributed by atoms with Gasteiger partial charge in [0.05, 0.1) is 5.52 Å². The molecule has 0 aliphatic carbocycles. The molecule has 0 bridgehead atoms. The SMILES string of the molecule is CC(C)NC1CCCN(c2cccc3ncccc23)C1. The second-order valence-corrected chi connectivity index (χ2v) is 5.95. The topological polar surface area (TPSA) is 28.2 Å². The van der Waals surface area contributed by atoms with Crippen LogP contribution in [0, 0.1) is 0 Å². The largest absolute Gasteiger partial charge is 0.369 e. The number of nitrogens with one attached hydrogen (secondary N) is 1. The molecule has 20 heavy (non-hydrogen) atoms. The molecule has 3 rings (SSSR count). The maximum atomic E-state index is 4.46. The minimum absolute atomic E-state index is 0.550. The average Bonchev–Trinajstić information content (AvgIpc) is 2.46. The molecule has 1 aromatic carbocycles. The van der Waals surface area contributed by atoms with Crippen molar-refractivity contribution >= 4 is 16.6 Å². The van der Waals surface area contributed by atoms with Crippen molar-refractivity contribution in [3.05, 3.63) is 36.5 Å². The quantitative estimate of drug-likeness (QED) is 0.927. The Balaban J connectivity index is 1.87. The molecular weight excluding hydrogens is 246 g/mol. The Morgan fingerprint density at radius 3 is 3.00 bits per heavy atom. The third kappa shape index (κ3) is 2.78. The smallest absolute Gasteiger partial charge is 0.0722 e. The summed E-state index contributed by atoms with van der Waals surface area (Å²) >= 11 is 0. The molecular formula is C17H23N3. The van der Waals surface area contributed by atoms with Gasteiger partial charge in [-0.1, -0.05) is 19.9 Å². The summed E-state index contributed by atoms with van der Waals surface area (Å²) in [6, 6.07) is 11.8. The number of aromatic nitrogens is 1. The molecule has 0 saturated carbocycles. The Labute approximate surface area is 121 Å². The first-order chi connectivity index (χ1) is 9.74. The fraction of sp³-hybridized carbons (Fsp3) is 0.471. The van der Waals surface area contributed by atoms with Gasteiger partial charge in [-0.15, -0.1) is 0 Å². The summed E-state index contributed by atoms with van der Waals surface area (Å²) < 4.78 is 0. The molecule has 2 heterocycles. The van der Waals surface area contributed by atoms with Gasteiger partial charge in [0.2, 0.25) is 0 Å². The summed E-state index contributed by atoms with van der Waals surface area (Å²) in [4.78, 5) is 6.97. The van der Waals surface area contributed by atoms with E-state index >= 15 is 0 Å². The number of pyridine rings is 1. The van der Waals surface area contributed by atoms with Crippen LogP contribution in [-0.4, -0.2) is 30.2 Å². The van der Waals surface area contributed by atoms with Crippen LogP contribution < -0.4 is 10.2 Å². The van der Waals surface area contributed by atoms with Crippen molar-refractivity contribution in [1.29, 1.82) is 0 Å². The first-order valence-electron chi connectivity index (χ1n) is 7.59. The predicted octanol–water partition coefficient (Wildman–Crippen LogP) is 3.20. The fourth-order valence-electron chi connectivity index (χ4n) is 3.17. The van der Waals surface area contributed by atoms with Gasteiger partial charge in [0.15, 0.2) is 0 Å². The van der Waals surface area contributed by atoms with E-state index in [4.69, 9.17) is 0 Å². The highest BCUT2D eigenvalue weighted by atomic mass is 15.2. The Bertz CT molecular complexity index is 574. The summed E-state index contributed by atoms with van der Waals surface area (Å²) in [6.07, 6.45) is 4.39. The third-order valence-corrected chi connectivity index (χ3v) is 3.95. The van der Waals surface area contributed by atoms with Crippen molar-refractivity contribution in [1.82, 2.24) is 10.3 Å². The maximum absolute atomic E-state index is 4.46. The first-order valence-corrected chi connectivity index (χ1v) is 7.59. The Hall–Kier alpha value is -1.61. The molecule has 1 unspecified atom stereocenters. The van der Waals surface area contributed by atoms with Crippen molar-refractivity contribution < 1.29 is 0 Å². The molecule has 1 N–H and O–H groups in total. The fourth-order valence-corrected chi connectivity index (χ4v) is 3.17. The van der Waals surface area contributed by atoms with Gasteiger partial charge in [-0.05, 0) is 37.1 Å². The molecule has 0 amide bonds. The number of anilines is 1. The molecule has 3 nitrogen and oxygen atoms in total. The second-order valence-electron chi connectivity index (χ2n) is 5.95. The van der Waals surface area contributed by atoms with E-state index < -0.39 is 0 Å². The van der Waals surface area contributed by atoms with E-state index in [1.165, 1.54) is 23.9 Å². The van der Waals surface area contributed by atoms with Crippen LogP contribution in [0.5, 0.6) is 0 Å². The van der Waals surface area contributed by atoms with E-state index in [0.717, 1.165) is 18.6 Å². The molecule has 1 atom stereocenters. The normalized spacial score (nSPS) is 19.8. The van der Waals surface area contributed by atoms with Gasteiger partial charge >= 0.3 is 0 Å². The molecule has 1 fully saturated rings. The Kier molecular flexibility index (Phi) is 3.88. The number of rotatable bonds is 3. The summed E-state index contributed by atoms with van der Waals surface area (Å²) in [7, 11) is 0. The van der Waals surface area contributed by atoms with Crippen molar-refractivity contribution in [3.63, 3.8) is 0 Å². The van der Waals surface area contributed by atoms with Gasteiger partial charge in [0.25, 0.3) is 0 Å². The number of piperidine rings is 1. The van der Waals surface area contributed by atoms with Crippen LogP contribution in [0.25, 0.3) is 10.9 Å². The van der Waals surface area contributed by atoms with Gasteiger partial charge in [0.1, 0.15) is 0 Å². The summed E-state index contributed by atoms with van der Waals surface area (Å²) in [5.41, 5.74) is 2.41. The monoisotopic (exact) mass is 269 g/mol. The van der Waals surface area contributed by atoms with Crippen molar-refractivity contribution in [2.45, 2.75) is 38.8 Å². The van der Waals surface area contributed by atoms with Crippen molar-refractivity contribution in [2.24, 2.45) is 0 Å². The molecule has 1 aromatic heterocycles. The van der Waals surface area contributed by atoms with Crippen molar-refractivity contribution in [3.8, 4) is 0 Å². The minimum Gasteiger partial charge on any atom is -0.369 e.